The van der Waals surface area contributed by atoms with Gasteiger partial charge in [0.05, 0.1) is 0 Å². The zero-order chi connectivity index (χ0) is 10.8. The minimum Gasteiger partial charge on any atom is -0.396 e. The number of rotatable bonds is 2. The van der Waals surface area contributed by atoms with E-state index in [2.05, 4.69) is 0 Å². The summed E-state index contributed by atoms with van der Waals surface area (Å²) in [4.78, 5) is 0. The number of benzene rings is 2. The molecule has 0 aliphatic rings. The Labute approximate surface area is 88.2 Å². The quantitative estimate of drug-likeness (QED) is 0.797. The lowest BCUT2D eigenvalue weighted by Gasteiger charge is -2.09. The Morgan fingerprint density at radius 1 is 1.27 bits per heavy atom. The topological polar surface area (TPSA) is 20.2 Å². The normalized spacial score (nSPS) is 13.0. The number of aliphatic hydroxyl groups excluding tert-OH is 1. The first-order valence-electron chi connectivity index (χ1n) is 5.01. The van der Waals surface area contributed by atoms with Crippen LogP contribution in [0, 0.1) is 5.82 Å². The predicted molar refractivity (Wildman–Crippen MR) is 59.4 cm³/mol. The summed E-state index contributed by atoms with van der Waals surface area (Å²) >= 11 is 0. The lowest BCUT2D eigenvalue weighted by molar-refractivity contribution is 0.273. The summed E-state index contributed by atoms with van der Waals surface area (Å²) in [6, 6.07) is 10.7. The van der Waals surface area contributed by atoms with Gasteiger partial charge in [0.25, 0.3) is 0 Å². The van der Waals surface area contributed by atoms with E-state index in [-0.39, 0.29) is 18.3 Å². The van der Waals surface area contributed by atoms with Gasteiger partial charge in [-0.25, -0.2) is 4.39 Å². The van der Waals surface area contributed by atoms with Gasteiger partial charge in [0.15, 0.2) is 0 Å². The molecule has 0 bridgehead atoms. The third-order valence-electron chi connectivity index (χ3n) is 2.70. The maximum absolute atomic E-state index is 13.5. The summed E-state index contributed by atoms with van der Waals surface area (Å²) in [7, 11) is 0. The molecule has 2 heteroatoms. The Morgan fingerprint density at radius 3 is 2.80 bits per heavy atom. The monoisotopic (exact) mass is 204 g/mol. The van der Waals surface area contributed by atoms with Crippen LogP contribution in [0.1, 0.15) is 18.4 Å². The molecule has 0 saturated carbocycles. The largest absolute Gasteiger partial charge is 0.396 e. The van der Waals surface area contributed by atoms with Crippen molar-refractivity contribution < 1.29 is 9.50 Å². The Hall–Kier alpha value is -1.41. The molecule has 0 heterocycles. The summed E-state index contributed by atoms with van der Waals surface area (Å²) in [5.74, 6) is -0.159. The summed E-state index contributed by atoms with van der Waals surface area (Å²) in [6.45, 7) is 2.00. The van der Waals surface area contributed by atoms with E-state index in [1.165, 1.54) is 6.07 Å². The highest BCUT2D eigenvalue weighted by Crippen LogP contribution is 2.23. The van der Waals surface area contributed by atoms with Crippen LogP contribution in [0.25, 0.3) is 10.8 Å². The van der Waals surface area contributed by atoms with Gasteiger partial charge in [-0.15, -0.1) is 0 Å². The lowest BCUT2D eigenvalue weighted by atomic mass is 9.98. The first-order chi connectivity index (χ1) is 7.22. The second-order valence-electron chi connectivity index (χ2n) is 3.80. The maximum Gasteiger partial charge on any atom is 0.131 e. The summed E-state index contributed by atoms with van der Waals surface area (Å²) in [6.07, 6.45) is 0. The van der Waals surface area contributed by atoms with Crippen LogP contribution in [0.4, 0.5) is 4.39 Å². The van der Waals surface area contributed by atoms with Gasteiger partial charge < -0.3 is 5.11 Å². The van der Waals surface area contributed by atoms with Crippen molar-refractivity contribution in [3.05, 3.63) is 47.8 Å². The van der Waals surface area contributed by atoms with Gasteiger partial charge in [-0.05, 0) is 23.1 Å². The fourth-order valence-electron chi connectivity index (χ4n) is 1.66. The van der Waals surface area contributed by atoms with Gasteiger partial charge in [-0.2, -0.15) is 0 Å². The molecule has 2 aromatic carbocycles. The van der Waals surface area contributed by atoms with Crippen LogP contribution < -0.4 is 0 Å². The highest BCUT2D eigenvalue weighted by Gasteiger charge is 2.06. The van der Waals surface area contributed by atoms with Crippen LogP contribution in [0.5, 0.6) is 0 Å². The average molecular weight is 204 g/mol. The number of hydrogen-bond donors (Lipinski definition) is 1. The molecule has 0 aliphatic carbocycles. The molecule has 0 spiro atoms. The molecule has 0 saturated heterocycles. The first kappa shape index (κ1) is 10.1. The fraction of sp³-hybridized carbons (Fsp3) is 0.231. The number of aliphatic hydroxyl groups is 1. The molecule has 15 heavy (non-hydrogen) atoms. The second kappa shape index (κ2) is 3.99. The Balaban J connectivity index is 2.59. The molecule has 0 aliphatic heterocycles. The summed E-state index contributed by atoms with van der Waals surface area (Å²) < 4.78 is 13.5. The average Bonchev–Trinajstić information content (AvgIpc) is 2.28. The molecule has 1 atom stereocenters. The van der Waals surface area contributed by atoms with Crippen LogP contribution in [0.2, 0.25) is 0 Å². The minimum atomic E-state index is -0.209. The van der Waals surface area contributed by atoms with E-state index in [9.17, 15) is 4.39 Å². The second-order valence-corrected chi connectivity index (χ2v) is 3.80. The van der Waals surface area contributed by atoms with Crippen molar-refractivity contribution in [2.45, 2.75) is 12.8 Å². The highest BCUT2D eigenvalue weighted by atomic mass is 19.1. The predicted octanol–water partition coefficient (Wildman–Crippen LogP) is 3.07. The molecule has 0 radical (unpaired) electrons. The maximum atomic E-state index is 13.5. The smallest absolute Gasteiger partial charge is 0.131 e. The third kappa shape index (κ3) is 1.85. The fourth-order valence-corrected chi connectivity index (χ4v) is 1.66. The van der Waals surface area contributed by atoms with Crippen LogP contribution in [-0.4, -0.2) is 11.7 Å². The summed E-state index contributed by atoms with van der Waals surface area (Å²) in [5, 5.41) is 10.5. The van der Waals surface area contributed by atoms with Gasteiger partial charge in [-0.1, -0.05) is 31.2 Å². The van der Waals surface area contributed by atoms with Gasteiger partial charge >= 0.3 is 0 Å². The van der Waals surface area contributed by atoms with E-state index in [4.69, 9.17) is 5.11 Å². The van der Waals surface area contributed by atoms with Crippen molar-refractivity contribution in [3.63, 3.8) is 0 Å². The van der Waals surface area contributed by atoms with Gasteiger partial charge in [-0.3, -0.25) is 0 Å². The molecule has 2 rings (SSSR count). The molecule has 1 unspecified atom stereocenters. The molecule has 78 valence electrons. The van der Waals surface area contributed by atoms with Crippen molar-refractivity contribution in [1.82, 2.24) is 0 Å². The lowest BCUT2D eigenvalue weighted by Crippen LogP contribution is -1.98. The molecule has 0 aromatic heterocycles. The molecular formula is C13H13FO. The molecule has 0 fully saturated rings. The van der Waals surface area contributed by atoms with Crippen LogP contribution in [-0.2, 0) is 0 Å². The van der Waals surface area contributed by atoms with Crippen molar-refractivity contribution >= 4 is 10.8 Å². The molecular weight excluding hydrogens is 191 g/mol. The molecule has 2 aromatic rings. The molecule has 1 nitrogen and oxygen atoms in total. The highest BCUT2D eigenvalue weighted by molar-refractivity contribution is 5.83. The molecule has 1 N–H and O–H groups in total. The van der Waals surface area contributed by atoms with Gasteiger partial charge in [0, 0.05) is 17.9 Å². The zero-order valence-electron chi connectivity index (χ0n) is 8.57. The van der Waals surface area contributed by atoms with Crippen LogP contribution >= 0.6 is 0 Å². The van der Waals surface area contributed by atoms with Crippen LogP contribution in [0.3, 0.4) is 0 Å². The van der Waals surface area contributed by atoms with Crippen molar-refractivity contribution in [2.24, 2.45) is 0 Å². The van der Waals surface area contributed by atoms with E-state index in [0.717, 1.165) is 10.9 Å². The van der Waals surface area contributed by atoms with Gasteiger partial charge in [0.2, 0.25) is 0 Å². The first-order valence-corrected chi connectivity index (χ1v) is 5.01. The van der Waals surface area contributed by atoms with E-state index in [1.54, 1.807) is 6.07 Å². The zero-order valence-corrected chi connectivity index (χ0v) is 8.57. The van der Waals surface area contributed by atoms with E-state index in [1.807, 2.05) is 31.2 Å². The SMILES string of the molecule is CC(CO)c1ccc2cccc(F)c2c1. The van der Waals surface area contributed by atoms with Crippen LogP contribution in [0.15, 0.2) is 36.4 Å². The molecule has 0 amide bonds. The van der Waals surface area contributed by atoms with Crippen molar-refractivity contribution in [1.29, 1.82) is 0 Å². The Morgan fingerprint density at radius 2 is 2.07 bits per heavy atom. The van der Waals surface area contributed by atoms with Gasteiger partial charge in [0.1, 0.15) is 5.82 Å². The van der Waals surface area contributed by atoms with Crippen molar-refractivity contribution in [2.75, 3.05) is 6.61 Å². The Kier molecular flexibility index (Phi) is 2.69. The van der Waals surface area contributed by atoms with E-state index in [0.29, 0.717) is 5.39 Å². The standard InChI is InChI=1S/C13H13FO/c1-9(8-15)11-6-5-10-3-2-4-13(14)12(10)7-11/h2-7,9,15H,8H2,1H3. The number of halogens is 1. The summed E-state index contributed by atoms with van der Waals surface area (Å²) in [5.41, 5.74) is 0.968. The number of fused-ring (bicyclic) bond motifs is 1. The Bertz CT molecular complexity index is 479. The van der Waals surface area contributed by atoms with E-state index >= 15 is 0 Å². The van der Waals surface area contributed by atoms with Crippen molar-refractivity contribution in [3.8, 4) is 0 Å². The minimum absolute atomic E-state index is 0.0500. The third-order valence-corrected chi connectivity index (χ3v) is 2.70. The van der Waals surface area contributed by atoms with E-state index < -0.39 is 0 Å². The number of hydrogen-bond acceptors (Lipinski definition) is 1.